The molecular formula is C21H18BrN5. The number of likely N-dealkylation sites (N-methyl/N-ethyl adjacent to an activating group) is 1. The van der Waals surface area contributed by atoms with Gasteiger partial charge in [0.2, 0.25) is 0 Å². The molecular weight excluding hydrogens is 402 g/mol. The van der Waals surface area contributed by atoms with Gasteiger partial charge >= 0.3 is 0 Å². The first-order chi connectivity index (χ1) is 13.0. The van der Waals surface area contributed by atoms with Gasteiger partial charge in [0.25, 0.3) is 0 Å². The zero-order valence-electron chi connectivity index (χ0n) is 14.9. The van der Waals surface area contributed by atoms with Gasteiger partial charge in [0, 0.05) is 28.4 Å². The van der Waals surface area contributed by atoms with Crippen molar-refractivity contribution >= 4 is 15.9 Å². The summed E-state index contributed by atoms with van der Waals surface area (Å²) in [6, 6.07) is 14.8. The van der Waals surface area contributed by atoms with E-state index in [-0.39, 0.29) is 23.7 Å². The van der Waals surface area contributed by atoms with Crippen molar-refractivity contribution in [3.63, 3.8) is 0 Å². The van der Waals surface area contributed by atoms with Crippen molar-refractivity contribution in [2.24, 2.45) is 17.1 Å². The Morgan fingerprint density at radius 3 is 2.41 bits per heavy atom. The molecule has 0 saturated carbocycles. The molecule has 27 heavy (non-hydrogen) atoms. The third kappa shape index (κ3) is 2.29. The van der Waals surface area contributed by atoms with Crippen molar-refractivity contribution in [2.75, 3.05) is 7.05 Å². The van der Waals surface area contributed by atoms with Crippen LogP contribution in [-0.2, 0) is 0 Å². The maximum atomic E-state index is 10.1. The summed E-state index contributed by atoms with van der Waals surface area (Å²) in [5, 5.41) is 30.0. The average molecular weight is 420 g/mol. The molecule has 0 radical (unpaired) electrons. The minimum Gasteiger partial charge on any atom is -0.399 e. The van der Waals surface area contributed by atoms with E-state index in [9.17, 15) is 15.8 Å². The summed E-state index contributed by atoms with van der Waals surface area (Å²) in [5.74, 6) is -0.536. The van der Waals surface area contributed by atoms with Gasteiger partial charge in [-0.15, -0.1) is 0 Å². The van der Waals surface area contributed by atoms with Gasteiger partial charge in [-0.1, -0.05) is 34.1 Å². The van der Waals surface area contributed by atoms with Gasteiger partial charge in [0.15, 0.2) is 5.41 Å². The highest BCUT2D eigenvalue weighted by Crippen LogP contribution is 2.58. The van der Waals surface area contributed by atoms with Gasteiger partial charge in [-0.05, 0) is 43.2 Å². The Balaban J connectivity index is 2.04. The largest absolute Gasteiger partial charge is 0.399 e. The van der Waals surface area contributed by atoms with Crippen LogP contribution in [0.2, 0.25) is 0 Å². The fourth-order valence-corrected chi connectivity index (χ4v) is 5.40. The molecule has 2 heterocycles. The third-order valence-corrected chi connectivity index (χ3v) is 6.98. The van der Waals surface area contributed by atoms with E-state index in [0.29, 0.717) is 5.57 Å². The predicted octanol–water partition coefficient (Wildman–Crippen LogP) is 3.34. The average Bonchev–Trinajstić information content (AvgIpc) is 2.91. The summed E-state index contributed by atoms with van der Waals surface area (Å²) in [5.41, 5.74) is 7.01. The fraction of sp³-hybridized carbons (Fsp3) is 0.381. The Morgan fingerprint density at radius 1 is 1.15 bits per heavy atom. The number of hydrogen-bond donors (Lipinski definition) is 1. The molecule has 2 bridgehead atoms. The van der Waals surface area contributed by atoms with Gasteiger partial charge in [-0.25, -0.2) is 0 Å². The van der Waals surface area contributed by atoms with Gasteiger partial charge < -0.3 is 5.73 Å². The van der Waals surface area contributed by atoms with E-state index in [4.69, 9.17) is 5.73 Å². The first-order valence-corrected chi connectivity index (χ1v) is 9.70. The van der Waals surface area contributed by atoms with Gasteiger partial charge in [0.1, 0.15) is 6.07 Å². The van der Waals surface area contributed by atoms with Crippen molar-refractivity contribution in [3.05, 3.63) is 57.2 Å². The second kappa shape index (κ2) is 6.24. The number of halogens is 1. The molecule has 0 aromatic heterocycles. The van der Waals surface area contributed by atoms with Gasteiger partial charge in [-0.2, -0.15) is 15.8 Å². The van der Waals surface area contributed by atoms with Crippen LogP contribution in [0.5, 0.6) is 0 Å². The number of fused-ring (bicyclic) bond motifs is 4. The van der Waals surface area contributed by atoms with Crippen LogP contribution in [0.15, 0.2) is 51.7 Å². The molecule has 2 aliphatic heterocycles. The van der Waals surface area contributed by atoms with Gasteiger partial charge in [0.05, 0.1) is 23.4 Å². The zero-order valence-corrected chi connectivity index (χ0v) is 16.4. The highest BCUT2D eigenvalue weighted by Gasteiger charge is 2.58. The molecule has 0 unspecified atom stereocenters. The Hall–Kier alpha value is -2.59. The lowest BCUT2D eigenvalue weighted by Gasteiger charge is -2.48. The van der Waals surface area contributed by atoms with Crippen LogP contribution >= 0.6 is 15.9 Å². The molecule has 3 aliphatic rings. The number of benzene rings is 1. The second-order valence-electron chi connectivity index (χ2n) is 7.49. The SMILES string of the molecule is CN1[C@@H]2C=C3C(C#N)=C(N)C(C#N)(C#N)[C@@H](c4ccc(Br)cc4)[C@@H]3[C@@H]1CC2. The van der Waals surface area contributed by atoms with E-state index in [2.05, 4.69) is 52.2 Å². The summed E-state index contributed by atoms with van der Waals surface area (Å²) < 4.78 is 0.931. The molecule has 4 atom stereocenters. The number of nitrogens with zero attached hydrogens (tertiary/aromatic N) is 4. The van der Waals surface area contributed by atoms with E-state index in [0.717, 1.165) is 28.5 Å². The molecule has 4 rings (SSSR count). The third-order valence-electron chi connectivity index (χ3n) is 6.45. The Bertz CT molecular complexity index is 971. The minimum absolute atomic E-state index is 0.0920. The van der Waals surface area contributed by atoms with E-state index >= 15 is 0 Å². The monoisotopic (exact) mass is 419 g/mol. The van der Waals surface area contributed by atoms with Crippen LogP contribution in [0.1, 0.15) is 24.3 Å². The maximum absolute atomic E-state index is 10.1. The number of rotatable bonds is 1. The quantitative estimate of drug-likeness (QED) is 0.751. The lowest BCUT2D eigenvalue weighted by Crippen LogP contribution is -2.51. The Kier molecular flexibility index (Phi) is 4.11. The van der Waals surface area contributed by atoms with Crippen LogP contribution in [0, 0.1) is 45.3 Å². The maximum Gasteiger partial charge on any atom is 0.191 e. The van der Waals surface area contributed by atoms with Crippen molar-refractivity contribution < 1.29 is 0 Å². The summed E-state index contributed by atoms with van der Waals surface area (Å²) in [4.78, 5) is 2.32. The van der Waals surface area contributed by atoms with Crippen LogP contribution < -0.4 is 5.73 Å². The zero-order chi connectivity index (χ0) is 19.3. The summed E-state index contributed by atoms with van der Waals surface area (Å²) >= 11 is 3.45. The van der Waals surface area contributed by atoms with E-state index in [1.54, 1.807) is 0 Å². The molecule has 1 saturated heterocycles. The first kappa shape index (κ1) is 17.8. The minimum atomic E-state index is -1.56. The Labute approximate surface area is 167 Å². The summed E-state index contributed by atoms with van der Waals surface area (Å²) in [6.07, 6.45) is 4.12. The van der Waals surface area contributed by atoms with Crippen LogP contribution in [-0.4, -0.2) is 24.0 Å². The highest BCUT2D eigenvalue weighted by atomic mass is 79.9. The molecule has 134 valence electrons. The smallest absolute Gasteiger partial charge is 0.191 e. The molecule has 1 aromatic rings. The lowest BCUT2D eigenvalue weighted by atomic mass is 9.56. The highest BCUT2D eigenvalue weighted by molar-refractivity contribution is 9.10. The molecule has 5 nitrogen and oxygen atoms in total. The van der Waals surface area contributed by atoms with E-state index in [1.807, 2.05) is 24.3 Å². The number of nitriles is 3. The predicted molar refractivity (Wildman–Crippen MR) is 104 cm³/mol. The summed E-state index contributed by atoms with van der Waals surface area (Å²) in [6.45, 7) is 0. The lowest BCUT2D eigenvalue weighted by molar-refractivity contribution is 0.160. The van der Waals surface area contributed by atoms with Crippen molar-refractivity contribution in [1.29, 1.82) is 15.8 Å². The molecule has 0 spiro atoms. The van der Waals surface area contributed by atoms with Crippen molar-refractivity contribution in [1.82, 2.24) is 4.90 Å². The van der Waals surface area contributed by atoms with E-state index < -0.39 is 11.3 Å². The molecule has 1 fully saturated rings. The van der Waals surface area contributed by atoms with Crippen molar-refractivity contribution in [2.45, 2.75) is 30.8 Å². The topological polar surface area (TPSA) is 101 Å². The number of allylic oxidation sites excluding steroid dienone is 2. The number of nitrogens with two attached hydrogens (primary N) is 1. The van der Waals surface area contributed by atoms with Gasteiger partial charge in [-0.3, -0.25) is 4.90 Å². The molecule has 6 heteroatoms. The second-order valence-corrected chi connectivity index (χ2v) is 8.40. The molecule has 0 amide bonds. The molecule has 2 N–H and O–H groups in total. The summed E-state index contributed by atoms with van der Waals surface area (Å²) in [7, 11) is 2.09. The standard InChI is InChI=1S/C21H18BrN5/c1-27-14-6-7-17(27)18-15(8-14)16(9-23)20(26)21(10-24,11-25)19(18)12-2-4-13(22)5-3-12/h2-5,8,14,17-19H,6-7,26H2,1H3/t14-,17-,18-,19-/m0/s1. The Morgan fingerprint density at radius 2 is 1.81 bits per heavy atom. The fourth-order valence-electron chi connectivity index (χ4n) is 5.13. The molecule has 1 aromatic carbocycles. The van der Waals surface area contributed by atoms with Crippen LogP contribution in [0.25, 0.3) is 0 Å². The van der Waals surface area contributed by atoms with E-state index in [1.165, 1.54) is 0 Å². The number of hydrogen-bond acceptors (Lipinski definition) is 5. The normalized spacial score (nSPS) is 31.3. The first-order valence-electron chi connectivity index (χ1n) is 8.90. The van der Waals surface area contributed by atoms with Crippen LogP contribution in [0.4, 0.5) is 0 Å². The van der Waals surface area contributed by atoms with Crippen LogP contribution in [0.3, 0.4) is 0 Å². The van der Waals surface area contributed by atoms with Crippen molar-refractivity contribution in [3.8, 4) is 18.2 Å². The molecule has 1 aliphatic carbocycles.